The van der Waals surface area contributed by atoms with E-state index in [-0.39, 0.29) is 0 Å². The van der Waals surface area contributed by atoms with E-state index < -0.39 is 34.2 Å². The summed E-state index contributed by atoms with van der Waals surface area (Å²) < 4.78 is 30.6. The standard InChI is InChI=1S/C48H96O4Si4/c1-9-17-21-25-29-33-37-41-45-53(13-5)49-54(14-6,46-42-38-34-30-26-22-18-10-2)51-56(16-8,48-44-40-36-32-28-24-20-12-4)52-55(15-7,50-53)47-43-39-35-31-27-23-19-11-3/h13-16H,5-12,17-48H2,1-4H3. The van der Waals surface area contributed by atoms with Crippen molar-refractivity contribution >= 4 is 34.2 Å². The molecule has 0 spiro atoms. The Morgan fingerprint density at radius 2 is 0.393 bits per heavy atom. The molecule has 4 nitrogen and oxygen atoms in total. The van der Waals surface area contributed by atoms with Crippen LogP contribution < -0.4 is 0 Å². The fourth-order valence-corrected chi connectivity index (χ4v) is 29.7. The van der Waals surface area contributed by atoms with Gasteiger partial charge < -0.3 is 16.5 Å². The SMILES string of the molecule is C=C[Si]1(CCCCCCCCCC)O[Si](C=C)(CCCCCCCCCC)O[Si](C=C)(CCCCCCCCCC)O[Si](C=C)(CCCCCCCCCC)O1. The van der Waals surface area contributed by atoms with Gasteiger partial charge in [0, 0.05) is 0 Å². The predicted octanol–water partition coefficient (Wildman–Crippen LogP) is 17.3. The molecule has 0 unspecified atom stereocenters. The second-order valence-electron chi connectivity index (χ2n) is 17.4. The molecule has 0 aromatic heterocycles. The lowest BCUT2D eigenvalue weighted by Gasteiger charge is -2.51. The first-order valence-corrected chi connectivity index (χ1v) is 33.1. The van der Waals surface area contributed by atoms with Crippen molar-refractivity contribution in [3.63, 3.8) is 0 Å². The van der Waals surface area contributed by atoms with Gasteiger partial charge in [-0.3, -0.25) is 0 Å². The minimum Gasteiger partial charge on any atom is -0.409 e. The lowest BCUT2D eigenvalue weighted by atomic mass is 10.1. The lowest BCUT2D eigenvalue weighted by molar-refractivity contribution is 0.231. The summed E-state index contributed by atoms with van der Waals surface area (Å²) in [5, 5.41) is 0. The molecule has 0 N–H and O–H groups in total. The van der Waals surface area contributed by atoms with Gasteiger partial charge in [-0.25, -0.2) is 0 Å². The maximum absolute atomic E-state index is 7.65. The van der Waals surface area contributed by atoms with E-state index >= 15 is 0 Å². The highest BCUT2D eigenvalue weighted by molar-refractivity contribution is 6.99. The molecule has 1 aliphatic heterocycles. The van der Waals surface area contributed by atoms with Crippen LogP contribution in [0.3, 0.4) is 0 Å². The Labute approximate surface area is 355 Å². The lowest BCUT2D eigenvalue weighted by Crippen LogP contribution is -2.68. The van der Waals surface area contributed by atoms with E-state index in [1.807, 2.05) is 0 Å². The highest BCUT2D eigenvalue weighted by atomic mass is 28.5. The van der Waals surface area contributed by atoms with E-state index in [4.69, 9.17) is 16.5 Å². The van der Waals surface area contributed by atoms with Crippen molar-refractivity contribution in [3.05, 3.63) is 49.1 Å². The number of unbranched alkanes of at least 4 members (excludes halogenated alkanes) is 28. The molecule has 0 saturated carbocycles. The quantitative estimate of drug-likeness (QED) is 0.0455. The molecule has 0 aromatic rings. The van der Waals surface area contributed by atoms with Gasteiger partial charge in [0.1, 0.15) is 0 Å². The second-order valence-corrected chi connectivity index (χ2v) is 30.8. The van der Waals surface area contributed by atoms with Gasteiger partial charge in [-0.1, -0.05) is 256 Å². The topological polar surface area (TPSA) is 36.9 Å². The van der Waals surface area contributed by atoms with Gasteiger partial charge in [-0.15, -0.1) is 26.3 Å². The molecular weight excluding hydrogens is 753 g/mol. The van der Waals surface area contributed by atoms with Crippen molar-refractivity contribution in [2.24, 2.45) is 0 Å². The average Bonchev–Trinajstić information content (AvgIpc) is 3.21. The highest BCUT2D eigenvalue weighted by Gasteiger charge is 2.59. The molecular formula is C48H96O4Si4. The zero-order chi connectivity index (χ0) is 41.1. The molecule has 0 aliphatic carbocycles. The molecule has 1 aliphatic rings. The van der Waals surface area contributed by atoms with Crippen LogP contribution >= 0.6 is 0 Å². The molecule has 1 heterocycles. The summed E-state index contributed by atoms with van der Waals surface area (Å²) in [6, 6.07) is 3.61. The van der Waals surface area contributed by atoms with Crippen LogP contribution in [0.1, 0.15) is 233 Å². The Kier molecular flexibility index (Phi) is 33.0. The molecule has 0 atom stereocenters. The van der Waals surface area contributed by atoms with Crippen LogP contribution in [0.5, 0.6) is 0 Å². The van der Waals surface area contributed by atoms with Crippen molar-refractivity contribution in [3.8, 4) is 0 Å². The van der Waals surface area contributed by atoms with Crippen LogP contribution in [0.4, 0.5) is 0 Å². The largest absolute Gasteiger partial charge is 0.409 e. The van der Waals surface area contributed by atoms with Crippen LogP contribution in [0.2, 0.25) is 24.2 Å². The summed E-state index contributed by atoms with van der Waals surface area (Å²) in [6.07, 6.45) is 40.9. The first kappa shape index (κ1) is 53.7. The minimum atomic E-state index is -2.97. The molecule has 1 saturated heterocycles. The first-order chi connectivity index (χ1) is 27.3. The van der Waals surface area contributed by atoms with Crippen molar-refractivity contribution in [2.45, 2.75) is 257 Å². The highest BCUT2D eigenvalue weighted by Crippen LogP contribution is 2.41. The third kappa shape index (κ3) is 23.5. The van der Waals surface area contributed by atoms with Gasteiger partial charge >= 0.3 is 34.2 Å². The van der Waals surface area contributed by atoms with Crippen LogP contribution in [0.25, 0.3) is 0 Å². The molecule has 1 fully saturated rings. The van der Waals surface area contributed by atoms with E-state index in [2.05, 4.69) is 76.8 Å². The summed E-state index contributed by atoms with van der Waals surface area (Å²) in [4.78, 5) is 0. The summed E-state index contributed by atoms with van der Waals surface area (Å²) in [6.45, 7) is 27.1. The Hall–Kier alpha value is -0.332. The van der Waals surface area contributed by atoms with Crippen molar-refractivity contribution in [1.82, 2.24) is 0 Å². The average molecular weight is 850 g/mol. The van der Waals surface area contributed by atoms with Crippen LogP contribution in [0.15, 0.2) is 49.1 Å². The summed E-state index contributed by atoms with van der Waals surface area (Å²) in [5.41, 5.74) is 8.39. The summed E-state index contributed by atoms with van der Waals surface area (Å²) >= 11 is 0. The molecule has 8 heteroatoms. The Balaban J connectivity index is 3.39. The number of rotatable bonds is 40. The van der Waals surface area contributed by atoms with Crippen molar-refractivity contribution in [2.75, 3.05) is 0 Å². The van der Waals surface area contributed by atoms with Gasteiger partial charge in [-0.2, -0.15) is 0 Å². The normalized spacial score (nSPS) is 24.1. The molecule has 1 rings (SSSR count). The van der Waals surface area contributed by atoms with E-state index in [1.165, 1.54) is 180 Å². The molecule has 56 heavy (non-hydrogen) atoms. The summed E-state index contributed by atoms with van der Waals surface area (Å²) in [7, 11) is -11.9. The predicted molar refractivity (Wildman–Crippen MR) is 258 cm³/mol. The fourth-order valence-electron chi connectivity index (χ4n) is 8.42. The smallest absolute Gasteiger partial charge is 0.347 e. The first-order valence-electron chi connectivity index (χ1n) is 24.7. The molecule has 0 bridgehead atoms. The van der Waals surface area contributed by atoms with E-state index in [9.17, 15) is 0 Å². The van der Waals surface area contributed by atoms with E-state index in [0.29, 0.717) is 0 Å². The molecule has 328 valence electrons. The Morgan fingerprint density at radius 3 is 0.536 bits per heavy atom. The van der Waals surface area contributed by atoms with Gasteiger partial charge in [0.2, 0.25) is 0 Å². The van der Waals surface area contributed by atoms with Crippen molar-refractivity contribution in [1.29, 1.82) is 0 Å². The van der Waals surface area contributed by atoms with Gasteiger partial charge in [0.05, 0.1) is 0 Å². The van der Waals surface area contributed by atoms with Gasteiger partial charge in [0.25, 0.3) is 0 Å². The fraction of sp³-hybridized carbons (Fsp3) is 0.833. The third-order valence-electron chi connectivity index (χ3n) is 12.1. The van der Waals surface area contributed by atoms with E-state index in [1.54, 1.807) is 0 Å². The summed E-state index contributed by atoms with van der Waals surface area (Å²) in [5.74, 6) is 0. The van der Waals surface area contributed by atoms with Crippen LogP contribution in [0, 0.1) is 0 Å². The van der Waals surface area contributed by atoms with E-state index in [0.717, 1.165) is 49.9 Å². The zero-order valence-corrected chi connectivity index (χ0v) is 42.2. The third-order valence-corrected chi connectivity index (χ3v) is 29.9. The monoisotopic (exact) mass is 849 g/mol. The van der Waals surface area contributed by atoms with Crippen LogP contribution in [-0.4, -0.2) is 34.2 Å². The molecule has 0 amide bonds. The maximum atomic E-state index is 7.65. The number of hydrogen-bond acceptors (Lipinski definition) is 4. The van der Waals surface area contributed by atoms with Gasteiger partial charge in [-0.05, 0) is 24.2 Å². The molecule has 0 aromatic carbocycles. The Bertz CT molecular complexity index is 815. The maximum Gasteiger partial charge on any atom is 0.347 e. The van der Waals surface area contributed by atoms with Gasteiger partial charge in [0.15, 0.2) is 0 Å². The second kappa shape index (κ2) is 34.4. The Morgan fingerprint density at radius 1 is 0.250 bits per heavy atom. The van der Waals surface area contributed by atoms with Crippen LogP contribution in [-0.2, 0) is 16.5 Å². The zero-order valence-electron chi connectivity index (χ0n) is 38.2. The van der Waals surface area contributed by atoms with Crippen molar-refractivity contribution < 1.29 is 16.5 Å². The minimum absolute atomic E-state index is 0.902. The number of hydrogen-bond donors (Lipinski definition) is 0. The molecule has 0 radical (unpaired) electrons.